The summed E-state index contributed by atoms with van der Waals surface area (Å²) >= 11 is 5.49. The van der Waals surface area contributed by atoms with Crippen molar-refractivity contribution in [3.8, 4) is 0 Å². The number of nitrogens with zero attached hydrogens (tertiary/aromatic N) is 1. The maximum Gasteiger partial charge on any atom is 0.294 e. The van der Waals surface area contributed by atoms with Crippen LogP contribution in [0.4, 0.5) is 0 Å². The number of halogens is 1. The highest BCUT2D eigenvalue weighted by Gasteiger charge is 2.14. The molecule has 4 nitrogen and oxygen atoms in total. The normalized spacial score (nSPS) is 11.7. The monoisotopic (exact) mass is 580 g/mol. The highest BCUT2D eigenvalue weighted by atomic mass is 35.5. The Morgan fingerprint density at radius 1 is 0.641 bits per heavy atom. The van der Waals surface area contributed by atoms with Crippen LogP contribution in [0.3, 0.4) is 0 Å². The van der Waals surface area contributed by atoms with Crippen molar-refractivity contribution in [2.75, 3.05) is 20.6 Å². The smallest absolute Gasteiger partial charge is 0.294 e. The van der Waals surface area contributed by atoms with Gasteiger partial charge in [0, 0.05) is 10.6 Å². The first-order valence-corrected chi connectivity index (χ1v) is 17.0. The quantitative estimate of drug-likeness (QED) is 0.0962. The van der Waals surface area contributed by atoms with E-state index >= 15 is 0 Å². The Morgan fingerprint density at radius 3 is 1.46 bits per heavy atom. The summed E-state index contributed by atoms with van der Waals surface area (Å²) in [5, 5.41) is 0.428. The minimum Gasteiger partial charge on any atom is -0.325 e. The Morgan fingerprint density at radius 2 is 1.05 bits per heavy atom. The molecule has 0 radical (unpaired) electrons. The zero-order valence-electron chi connectivity index (χ0n) is 24.9. The predicted molar refractivity (Wildman–Crippen MR) is 168 cm³/mol. The zero-order valence-corrected chi connectivity index (χ0v) is 26.5. The fourth-order valence-corrected chi connectivity index (χ4v) is 5.46. The van der Waals surface area contributed by atoms with Crippen molar-refractivity contribution in [2.45, 2.75) is 121 Å². The second kappa shape index (κ2) is 21.4. The van der Waals surface area contributed by atoms with E-state index in [0.29, 0.717) is 5.02 Å². The van der Waals surface area contributed by atoms with Gasteiger partial charge in [-0.05, 0) is 37.1 Å². The van der Waals surface area contributed by atoms with E-state index in [1.165, 1.54) is 139 Å². The third-order valence-corrected chi connectivity index (χ3v) is 8.30. The topological polar surface area (TPSA) is 54.4 Å². The molecule has 0 unspecified atom stereocenters. The van der Waals surface area contributed by atoms with Gasteiger partial charge in [-0.2, -0.15) is 8.42 Å². The Bertz CT molecular complexity index is 947. The number of benzene rings is 2. The van der Waals surface area contributed by atoms with Crippen LogP contribution in [0, 0.1) is 0 Å². The van der Waals surface area contributed by atoms with E-state index in [1.807, 2.05) is 0 Å². The molecule has 39 heavy (non-hydrogen) atoms. The van der Waals surface area contributed by atoms with Crippen LogP contribution in [0.15, 0.2) is 59.5 Å². The van der Waals surface area contributed by atoms with Crippen molar-refractivity contribution in [1.82, 2.24) is 0 Å². The highest BCUT2D eigenvalue weighted by Crippen LogP contribution is 2.16. The van der Waals surface area contributed by atoms with E-state index in [1.54, 1.807) is 0 Å². The molecular weight excluding hydrogens is 526 g/mol. The first-order chi connectivity index (χ1) is 18.6. The number of rotatable bonds is 20. The van der Waals surface area contributed by atoms with Gasteiger partial charge in [-0.1, -0.05) is 139 Å². The van der Waals surface area contributed by atoms with Crippen LogP contribution in [-0.4, -0.2) is 38.1 Å². The minimum atomic E-state index is -4.08. The summed E-state index contributed by atoms with van der Waals surface area (Å²) < 4.78 is 30.5. The molecule has 0 saturated heterocycles. The van der Waals surface area contributed by atoms with Crippen LogP contribution in [0.25, 0.3) is 0 Å². The summed E-state index contributed by atoms with van der Waals surface area (Å²) in [6.07, 6.45) is 23.2. The Kier molecular flexibility index (Phi) is 19.5. The van der Waals surface area contributed by atoms with Crippen molar-refractivity contribution in [1.29, 1.82) is 0 Å². The second-order valence-electron chi connectivity index (χ2n) is 11.5. The Hall–Kier alpha value is -1.40. The largest absolute Gasteiger partial charge is 0.325 e. The fraction of sp³-hybridized carbons (Fsp3) is 0.636. The van der Waals surface area contributed by atoms with E-state index in [4.69, 9.17) is 16.2 Å². The Labute approximate surface area is 245 Å². The molecule has 222 valence electrons. The summed E-state index contributed by atoms with van der Waals surface area (Å²) in [4.78, 5) is -0.151. The van der Waals surface area contributed by atoms with E-state index < -0.39 is 10.1 Å². The Balaban J connectivity index is 0.000000573. The standard InChI is InChI=1S/C27H50N.C6H5ClO3S/c1-4-5-6-7-8-9-10-11-12-13-14-15-16-17-18-22-25-28(2,3)26-27-23-20-19-21-24-27;7-5-1-3-6(4-2-5)11(8,9)10/h19-21,23-24H,4-18,22,25-26H2,1-3H3;1-4H,(H,8,9,10)/q+1;. The van der Waals surface area contributed by atoms with Gasteiger partial charge in [0.15, 0.2) is 0 Å². The lowest BCUT2D eigenvalue weighted by atomic mass is 10.0. The molecule has 1 N–H and O–H groups in total. The molecule has 0 saturated carbocycles. The van der Waals surface area contributed by atoms with E-state index in [2.05, 4.69) is 51.4 Å². The highest BCUT2D eigenvalue weighted by molar-refractivity contribution is 7.85. The summed E-state index contributed by atoms with van der Waals surface area (Å²) in [6.45, 7) is 4.75. The molecule has 6 heteroatoms. The zero-order chi connectivity index (χ0) is 28.8. The van der Waals surface area contributed by atoms with Gasteiger partial charge in [0.25, 0.3) is 10.1 Å². The summed E-state index contributed by atoms with van der Waals surface area (Å²) in [5.74, 6) is 0. The molecule has 0 fully saturated rings. The lowest BCUT2D eigenvalue weighted by molar-refractivity contribution is -0.903. The molecule has 0 spiro atoms. The molecule has 0 heterocycles. The van der Waals surface area contributed by atoms with Crippen molar-refractivity contribution in [3.63, 3.8) is 0 Å². The van der Waals surface area contributed by atoms with Gasteiger partial charge in [-0.25, -0.2) is 0 Å². The lowest BCUT2D eigenvalue weighted by Crippen LogP contribution is -2.39. The molecule has 0 aliphatic heterocycles. The van der Waals surface area contributed by atoms with E-state index in [9.17, 15) is 8.42 Å². The van der Waals surface area contributed by atoms with Crippen LogP contribution in [0.1, 0.15) is 115 Å². The molecule has 0 amide bonds. The van der Waals surface area contributed by atoms with E-state index in [0.717, 1.165) is 11.0 Å². The van der Waals surface area contributed by atoms with Gasteiger partial charge in [-0.3, -0.25) is 4.55 Å². The molecule has 0 bridgehead atoms. The number of hydrogen-bond donors (Lipinski definition) is 1. The van der Waals surface area contributed by atoms with Gasteiger partial charge in [-0.15, -0.1) is 0 Å². The van der Waals surface area contributed by atoms with Crippen molar-refractivity contribution < 1.29 is 17.5 Å². The molecule has 0 aliphatic rings. The maximum atomic E-state index is 10.5. The lowest BCUT2D eigenvalue weighted by Gasteiger charge is -2.30. The second-order valence-corrected chi connectivity index (χ2v) is 13.4. The number of quaternary nitrogens is 1. The summed E-state index contributed by atoms with van der Waals surface area (Å²) in [5.41, 5.74) is 1.46. The van der Waals surface area contributed by atoms with Gasteiger partial charge in [0.1, 0.15) is 6.54 Å². The SMILES string of the molecule is CCCCCCCCCCCCCCCCCC[N+](C)(C)Cc1ccccc1.O=S(=O)(O)c1ccc(Cl)cc1. The molecule has 0 atom stereocenters. The first-order valence-electron chi connectivity index (χ1n) is 15.2. The molecule has 0 aliphatic carbocycles. The average Bonchev–Trinajstić information content (AvgIpc) is 2.89. The van der Waals surface area contributed by atoms with Gasteiger partial charge in [0.2, 0.25) is 0 Å². The van der Waals surface area contributed by atoms with Crippen molar-refractivity contribution >= 4 is 21.7 Å². The summed E-state index contributed by atoms with van der Waals surface area (Å²) in [7, 11) is 0.668. The van der Waals surface area contributed by atoms with E-state index in [-0.39, 0.29) is 4.90 Å². The molecule has 2 aromatic carbocycles. The van der Waals surface area contributed by atoms with Crippen LogP contribution in [-0.2, 0) is 16.7 Å². The van der Waals surface area contributed by atoms with Crippen molar-refractivity contribution in [3.05, 3.63) is 65.2 Å². The average molecular weight is 581 g/mol. The number of unbranched alkanes of at least 4 members (excludes halogenated alkanes) is 15. The van der Waals surface area contributed by atoms with Gasteiger partial charge in [0.05, 0.1) is 25.5 Å². The van der Waals surface area contributed by atoms with Crippen LogP contribution >= 0.6 is 11.6 Å². The predicted octanol–water partition coefficient (Wildman–Crippen LogP) is 10.1. The molecule has 2 aromatic rings. The minimum absolute atomic E-state index is 0.151. The maximum absolute atomic E-state index is 10.5. The third kappa shape index (κ3) is 20.2. The molecule has 2 rings (SSSR count). The third-order valence-electron chi connectivity index (χ3n) is 7.18. The van der Waals surface area contributed by atoms with Gasteiger partial charge < -0.3 is 4.48 Å². The van der Waals surface area contributed by atoms with Crippen LogP contribution < -0.4 is 0 Å². The fourth-order valence-electron chi connectivity index (χ4n) is 4.85. The van der Waals surface area contributed by atoms with Crippen LogP contribution in [0.2, 0.25) is 5.02 Å². The molecular formula is C33H55ClNO3S+. The number of hydrogen-bond acceptors (Lipinski definition) is 2. The molecule has 0 aromatic heterocycles. The van der Waals surface area contributed by atoms with Crippen molar-refractivity contribution in [2.24, 2.45) is 0 Å². The van der Waals surface area contributed by atoms with Gasteiger partial charge >= 0.3 is 0 Å². The summed E-state index contributed by atoms with van der Waals surface area (Å²) in [6, 6.07) is 16.2. The first kappa shape index (κ1) is 35.6. The van der Waals surface area contributed by atoms with Crippen LogP contribution in [0.5, 0.6) is 0 Å².